The van der Waals surface area contributed by atoms with E-state index in [0.717, 1.165) is 38.0 Å². The number of nitrogens with one attached hydrogen (secondary N) is 1. The van der Waals surface area contributed by atoms with Crippen molar-refractivity contribution in [3.05, 3.63) is 66.2 Å². The minimum Gasteiger partial charge on any atom is -0.381 e. The molecule has 7 nitrogen and oxygen atoms in total. The Labute approximate surface area is 202 Å². The van der Waals surface area contributed by atoms with Gasteiger partial charge in [-0.1, -0.05) is 48.5 Å². The van der Waals surface area contributed by atoms with E-state index in [2.05, 4.69) is 22.3 Å². The highest BCUT2D eigenvalue weighted by Gasteiger charge is 2.44. The average Bonchev–Trinajstić information content (AvgIpc) is 3.60. The molecule has 0 aromatic heterocycles. The van der Waals surface area contributed by atoms with Gasteiger partial charge in [0.15, 0.2) is 0 Å². The molecule has 0 spiro atoms. The second-order valence-corrected chi connectivity index (χ2v) is 11.7. The third-order valence-electron chi connectivity index (χ3n) is 7.46. The smallest absolute Gasteiger partial charge is 0.243 e. The van der Waals surface area contributed by atoms with Crippen LogP contribution in [0.15, 0.2) is 65.6 Å². The van der Waals surface area contributed by atoms with Crippen molar-refractivity contribution >= 4 is 15.9 Å². The highest BCUT2D eigenvalue weighted by molar-refractivity contribution is 7.89. The molecule has 182 valence electrons. The third kappa shape index (κ3) is 5.05. The number of rotatable bonds is 8. The minimum atomic E-state index is -3.42. The predicted octanol–water partition coefficient (Wildman–Crippen LogP) is 2.52. The van der Waals surface area contributed by atoms with Gasteiger partial charge < -0.3 is 15.0 Å². The Morgan fingerprint density at radius 2 is 1.62 bits per heavy atom. The van der Waals surface area contributed by atoms with E-state index in [-0.39, 0.29) is 17.9 Å². The van der Waals surface area contributed by atoms with E-state index in [9.17, 15) is 13.2 Å². The fourth-order valence-electron chi connectivity index (χ4n) is 5.52. The van der Waals surface area contributed by atoms with E-state index in [4.69, 9.17) is 4.74 Å². The molecule has 0 bridgehead atoms. The molecule has 1 amide bonds. The van der Waals surface area contributed by atoms with E-state index < -0.39 is 10.0 Å². The van der Waals surface area contributed by atoms with Gasteiger partial charge in [-0.2, -0.15) is 4.31 Å². The molecular formula is C26H33N3O4S. The molecule has 5 rings (SSSR count). The lowest BCUT2D eigenvalue weighted by molar-refractivity contribution is -0.125. The van der Waals surface area contributed by atoms with Crippen LogP contribution < -0.4 is 5.32 Å². The molecule has 34 heavy (non-hydrogen) atoms. The molecule has 3 saturated heterocycles. The molecule has 8 heteroatoms. The topological polar surface area (TPSA) is 79.0 Å². The molecule has 2 aromatic carbocycles. The number of benzene rings is 2. The summed E-state index contributed by atoms with van der Waals surface area (Å²) in [5.41, 5.74) is 1.12. The number of amides is 1. The summed E-state index contributed by atoms with van der Waals surface area (Å²) in [7, 11) is -3.42. The van der Waals surface area contributed by atoms with Crippen LogP contribution in [0.25, 0.3) is 0 Å². The van der Waals surface area contributed by atoms with Gasteiger partial charge in [0, 0.05) is 39.3 Å². The Hall–Kier alpha value is -2.26. The first kappa shape index (κ1) is 23.5. The highest BCUT2D eigenvalue weighted by Crippen LogP contribution is 2.34. The van der Waals surface area contributed by atoms with Gasteiger partial charge in [0.1, 0.15) is 0 Å². The van der Waals surface area contributed by atoms with Gasteiger partial charge in [-0.3, -0.25) is 4.79 Å². The monoisotopic (exact) mass is 483 g/mol. The second kappa shape index (κ2) is 10.2. The predicted molar refractivity (Wildman–Crippen MR) is 129 cm³/mol. The molecule has 3 unspecified atom stereocenters. The van der Waals surface area contributed by atoms with Crippen molar-refractivity contribution < 1.29 is 17.9 Å². The summed E-state index contributed by atoms with van der Waals surface area (Å²) >= 11 is 0. The normalized spacial score (nSPS) is 26.4. The Kier molecular flexibility index (Phi) is 7.01. The Morgan fingerprint density at radius 1 is 0.971 bits per heavy atom. The number of likely N-dealkylation sites (tertiary alicyclic amines) is 1. The zero-order chi connectivity index (χ0) is 23.5. The molecular weight excluding hydrogens is 450 g/mol. The van der Waals surface area contributed by atoms with Gasteiger partial charge in [-0.05, 0) is 42.4 Å². The van der Waals surface area contributed by atoms with Crippen LogP contribution in [-0.4, -0.2) is 69.5 Å². The van der Waals surface area contributed by atoms with Crippen molar-refractivity contribution in [2.45, 2.75) is 23.8 Å². The van der Waals surface area contributed by atoms with E-state index in [1.807, 2.05) is 24.3 Å². The molecule has 0 radical (unpaired) electrons. The lowest BCUT2D eigenvalue weighted by Crippen LogP contribution is -2.37. The van der Waals surface area contributed by atoms with Crippen LogP contribution in [0.5, 0.6) is 0 Å². The molecule has 1 N–H and O–H groups in total. The summed E-state index contributed by atoms with van der Waals surface area (Å²) in [5, 5.41) is 3.26. The molecule has 4 atom stereocenters. The average molecular weight is 484 g/mol. The lowest BCUT2D eigenvalue weighted by Gasteiger charge is -2.25. The molecule has 3 fully saturated rings. The van der Waals surface area contributed by atoms with Crippen molar-refractivity contribution in [1.29, 1.82) is 0 Å². The highest BCUT2D eigenvalue weighted by atomic mass is 32.2. The van der Waals surface area contributed by atoms with E-state index in [1.54, 1.807) is 28.6 Å². The van der Waals surface area contributed by atoms with Gasteiger partial charge >= 0.3 is 0 Å². The number of sulfonamides is 1. The van der Waals surface area contributed by atoms with E-state index >= 15 is 0 Å². The molecule has 3 aliphatic rings. The number of carbonyl (C=O) groups excluding carboxylic acids is 1. The Balaban J connectivity index is 1.17. The van der Waals surface area contributed by atoms with E-state index in [1.165, 1.54) is 0 Å². The summed E-state index contributed by atoms with van der Waals surface area (Å²) in [6.45, 7) is 5.00. The fourth-order valence-corrected chi connectivity index (χ4v) is 7.09. The molecule has 3 heterocycles. The van der Waals surface area contributed by atoms with Crippen LogP contribution in [-0.2, 0) is 19.6 Å². The number of fused-ring (bicyclic) bond motifs is 1. The van der Waals surface area contributed by atoms with Crippen LogP contribution >= 0.6 is 0 Å². The van der Waals surface area contributed by atoms with Crippen molar-refractivity contribution in [3.63, 3.8) is 0 Å². The van der Waals surface area contributed by atoms with Gasteiger partial charge in [0.05, 0.1) is 23.5 Å². The summed E-state index contributed by atoms with van der Waals surface area (Å²) in [5.74, 6) is 0.735. The number of nitrogens with zero attached hydrogens (tertiary/aromatic N) is 2. The second-order valence-electron chi connectivity index (χ2n) is 9.74. The Morgan fingerprint density at radius 3 is 2.24 bits per heavy atom. The van der Waals surface area contributed by atoms with Crippen molar-refractivity contribution in [2.24, 2.45) is 17.8 Å². The summed E-state index contributed by atoms with van der Waals surface area (Å²) < 4.78 is 33.0. The largest absolute Gasteiger partial charge is 0.381 e. The number of carbonyl (C=O) groups is 1. The Bertz CT molecular complexity index is 1060. The van der Waals surface area contributed by atoms with Crippen LogP contribution in [0.4, 0.5) is 0 Å². The zero-order valence-electron chi connectivity index (χ0n) is 19.4. The quantitative estimate of drug-likeness (QED) is 0.624. The van der Waals surface area contributed by atoms with Gasteiger partial charge in [-0.15, -0.1) is 0 Å². The summed E-state index contributed by atoms with van der Waals surface area (Å²) in [6.07, 6.45) is 1.61. The summed E-state index contributed by atoms with van der Waals surface area (Å²) in [6, 6.07) is 18.8. The first-order valence-corrected chi connectivity index (χ1v) is 13.7. The third-order valence-corrected chi connectivity index (χ3v) is 9.31. The van der Waals surface area contributed by atoms with E-state index in [0.29, 0.717) is 43.0 Å². The van der Waals surface area contributed by atoms with Gasteiger partial charge in [0.2, 0.25) is 15.9 Å². The van der Waals surface area contributed by atoms with Crippen LogP contribution in [0.3, 0.4) is 0 Å². The molecule has 0 saturated carbocycles. The lowest BCUT2D eigenvalue weighted by atomic mass is 10.0. The fraction of sp³-hybridized carbons (Fsp3) is 0.500. The van der Waals surface area contributed by atoms with Crippen molar-refractivity contribution in [1.82, 2.24) is 14.5 Å². The van der Waals surface area contributed by atoms with Crippen molar-refractivity contribution in [3.8, 4) is 0 Å². The minimum absolute atomic E-state index is 0.0373. The van der Waals surface area contributed by atoms with Gasteiger partial charge in [-0.25, -0.2) is 8.42 Å². The number of ether oxygens (including phenoxy) is 1. The SMILES string of the molecule is O=C(N[C@@H](CCN1CC2CN(S(=O)(=O)c3ccccc3)CC2C1)c1ccccc1)C1CCOC1. The number of hydrogen-bond donors (Lipinski definition) is 1. The summed E-state index contributed by atoms with van der Waals surface area (Å²) in [4.78, 5) is 15.6. The van der Waals surface area contributed by atoms with Crippen molar-refractivity contribution in [2.75, 3.05) is 45.9 Å². The molecule has 2 aromatic rings. The zero-order valence-corrected chi connectivity index (χ0v) is 20.2. The van der Waals surface area contributed by atoms with Crippen LogP contribution in [0.2, 0.25) is 0 Å². The maximum Gasteiger partial charge on any atom is 0.243 e. The number of hydrogen-bond acceptors (Lipinski definition) is 5. The van der Waals surface area contributed by atoms with Crippen LogP contribution in [0.1, 0.15) is 24.4 Å². The standard InChI is InChI=1S/C26H33N3O4S/c30-26(21-12-14-33-19-21)27-25(20-7-3-1-4-8-20)11-13-28-15-22-17-29(18-23(22)16-28)34(31,32)24-9-5-2-6-10-24/h1-10,21-23,25H,11-19H2,(H,27,30)/t21?,22?,23?,25-/m0/s1. The maximum absolute atomic E-state index is 13.0. The first-order chi connectivity index (χ1) is 16.5. The maximum atomic E-state index is 13.0. The molecule has 0 aliphatic carbocycles. The van der Waals surface area contributed by atoms with Crippen LogP contribution in [0, 0.1) is 17.8 Å². The molecule has 3 aliphatic heterocycles. The van der Waals surface area contributed by atoms with Gasteiger partial charge in [0.25, 0.3) is 0 Å². The first-order valence-electron chi connectivity index (χ1n) is 12.2.